The lowest BCUT2D eigenvalue weighted by Crippen LogP contribution is -2.48. The van der Waals surface area contributed by atoms with Gasteiger partial charge in [-0.2, -0.15) is 0 Å². The van der Waals surface area contributed by atoms with E-state index < -0.39 is 0 Å². The molecule has 1 aliphatic rings. The maximum atomic E-state index is 11.6. The average Bonchev–Trinajstić information content (AvgIpc) is 2.72. The fraction of sp³-hybridized carbons (Fsp3) is 0.727. The van der Waals surface area contributed by atoms with E-state index >= 15 is 0 Å². The maximum absolute atomic E-state index is 11.6. The Morgan fingerprint density at radius 2 is 2.53 bits per heavy atom. The van der Waals surface area contributed by atoms with Crippen LogP contribution in [0.3, 0.4) is 0 Å². The summed E-state index contributed by atoms with van der Waals surface area (Å²) in [6.07, 6.45) is 7.07. The van der Waals surface area contributed by atoms with Crippen molar-refractivity contribution in [3.05, 3.63) is 0 Å². The molecule has 4 heteroatoms. The van der Waals surface area contributed by atoms with Crippen LogP contribution in [0.25, 0.3) is 0 Å². The fourth-order valence-corrected chi connectivity index (χ4v) is 2.00. The summed E-state index contributed by atoms with van der Waals surface area (Å²) in [5, 5.41) is 11.8. The van der Waals surface area contributed by atoms with Crippen molar-refractivity contribution < 1.29 is 9.90 Å². The van der Waals surface area contributed by atoms with Crippen LogP contribution in [0.2, 0.25) is 0 Å². The number of nitrogens with one attached hydrogen (secondary N) is 1. The highest BCUT2D eigenvalue weighted by Gasteiger charge is 2.31. The molecule has 0 aromatic heterocycles. The minimum Gasteiger partial charge on any atom is -0.395 e. The van der Waals surface area contributed by atoms with E-state index in [4.69, 9.17) is 11.5 Å². The van der Waals surface area contributed by atoms with Gasteiger partial charge in [-0.25, -0.2) is 0 Å². The lowest BCUT2D eigenvalue weighted by molar-refractivity contribution is -0.126. The molecule has 2 atom stereocenters. The van der Waals surface area contributed by atoms with Crippen LogP contribution in [0.1, 0.15) is 19.8 Å². The first-order valence-corrected chi connectivity index (χ1v) is 5.28. The topological polar surface area (TPSA) is 52.6 Å². The highest BCUT2D eigenvalue weighted by Crippen LogP contribution is 2.19. The molecule has 0 aromatic rings. The van der Waals surface area contributed by atoms with Crippen LogP contribution in [0.5, 0.6) is 0 Å². The third-order valence-electron chi connectivity index (χ3n) is 2.88. The van der Waals surface area contributed by atoms with Gasteiger partial charge in [0.1, 0.15) is 0 Å². The molecule has 1 aliphatic heterocycles. The molecule has 0 radical (unpaired) electrons. The van der Waals surface area contributed by atoms with Crippen molar-refractivity contribution in [3.63, 3.8) is 0 Å². The zero-order chi connectivity index (χ0) is 11.3. The summed E-state index contributed by atoms with van der Waals surface area (Å²) >= 11 is 0. The van der Waals surface area contributed by atoms with E-state index in [-0.39, 0.29) is 31.1 Å². The normalized spacial score (nSPS) is 23.4. The van der Waals surface area contributed by atoms with Crippen LogP contribution in [0.4, 0.5) is 0 Å². The Balaban J connectivity index is 2.48. The van der Waals surface area contributed by atoms with Gasteiger partial charge in [-0.05, 0) is 26.3 Å². The van der Waals surface area contributed by atoms with Crippen LogP contribution < -0.4 is 5.32 Å². The van der Waals surface area contributed by atoms with Gasteiger partial charge >= 0.3 is 0 Å². The Labute approximate surface area is 90.6 Å². The second-order valence-corrected chi connectivity index (χ2v) is 3.81. The largest absolute Gasteiger partial charge is 0.395 e. The molecule has 0 aliphatic carbocycles. The highest BCUT2D eigenvalue weighted by atomic mass is 16.3. The minimum absolute atomic E-state index is 0.0618. The van der Waals surface area contributed by atoms with Crippen LogP contribution in [-0.2, 0) is 4.79 Å². The standard InChI is InChI=1S/C11H18N2O2/c1-3-6-12-11(15)9(2)13-7-4-5-10(13)8-14/h1,9-10,14H,4-8H2,2H3,(H,12,15)/t9?,10-/m1/s1. The summed E-state index contributed by atoms with van der Waals surface area (Å²) in [4.78, 5) is 13.7. The number of carbonyl (C=O) groups is 1. The molecule has 1 rings (SSSR count). The third kappa shape index (κ3) is 2.95. The van der Waals surface area contributed by atoms with Crippen molar-refractivity contribution in [1.82, 2.24) is 10.2 Å². The SMILES string of the molecule is C#CCNC(=O)C(C)N1CCC[C@@H]1CO. The number of hydrogen-bond acceptors (Lipinski definition) is 3. The first-order chi connectivity index (χ1) is 7.20. The quantitative estimate of drug-likeness (QED) is 0.620. The van der Waals surface area contributed by atoms with E-state index in [1.54, 1.807) is 0 Å². The van der Waals surface area contributed by atoms with E-state index in [0.717, 1.165) is 19.4 Å². The van der Waals surface area contributed by atoms with Crippen molar-refractivity contribution in [1.29, 1.82) is 0 Å². The summed E-state index contributed by atoms with van der Waals surface area (Å²) in [6, 6.07) is -0.0883. The van der Waals surface area contributed by atoms with Gasteiger partial charge < -0.3 is 10.4 Å². The molecule has 0 saturated carbocycles. The van der Waals surface area contributed by atoms with E-state index in [9.17, 15) is 4.79 Å². The molecule has 1 fully saturated rings. The fourth-order valence-electron chi connectivity index (χ4n) is 2.00. The number of hydrogen-bond donors (Lipinski definition) is 2. The van der Waals surface area contributed by atoms with Gasteiger partial charge in [-0.1, -0.05) is 5.92 Å². The first-order valence-electron chi connectivity index (χ1n) is 5.28. The smallest absolute Gasteiger partial charge is 0.237 e. The van der Waals surface area contributed by atoms with Gasteiger partial charge in [0.25, 0.3) is 0 Å². The summed E-state index contributed by atoms with van der Waals surface area (Å²) in [7, 11) is 0. The number of terminal acetylenes is 1. The van der Waals surface area contributed by atoms with E-state index in [0.29, 0.717) is 0 Å². The van der Waals surface area contributed by atoms with Crippen LogP contribution in [-0.4, -0.2) is 47.7 Å². The number of amides is 1. The first kappa shape index (κ1) is 12.0. The third-order valence-corrected chi connectivity index (χ3v) is 2.88. The van der Waals surface area contributed by atoms with Crippen LogP contribution >= 0.6 is 0 Å². The monoisotopic (exact) mass is 210 g/mol. The molecule has 1 unspecified atom stereocenters. The van der Waals surface area contributed by atoms with Gasteiger partial charge in [0.15, 0.2) is 0 Å². The molecule has 2 N–H and O–H groups in total. The molecular formula is C11H18N2O2. The Bertz CT molecular complexity index is 260. The van der Waals surface area contributed by atoms with Gasteiger partial charge in [0, 0.05) is 6.04 Å². The number of likely N-dealkylation sites (tertiary alicyclic amines) is 1. The maximum Gasteiger partial charge on any atom is 0.237 e. The van der Waals surface area contributed by atoms with E-state index in [1.165, 1.54) is 0 Å². The molecule has 15 heavy (non-hydrogen) atoms. The Hall–Kier alpha value is -1.05. The Morgan fingerprint density at radius 1 is 1.80 bits per heavy atom. The molecule has 84 valence electrons. The van der Waals surface area contributed by atoms with Crippen molar-refractivity contribution in [2.45, 2.75) is 31.8 Å². The number of rotatable bonds is 4. The predicted octanol–water partition coefficient (Wildman–Crippen LogP) is -0.419. The molecular weight excluding hydrogens is 192 g/mol. The second kappa shape index (κ2) is 5.74. The summed E-state index contributed by atoms with van der Waals surface area (Å²) in [6.45, 7) is 3.10. The minimum atomic E-state index is -0.210. The summed E-state index contributed by atoms with van der Waals surface area (Å²) in [5.74, 6) is 2.31. The molecule has 0 aromatic carbocycles. The Kier molecular flexibility index (Phi) is 4.60. The summed E-state index contributed by atoms with van der Waals surface area (Å²) in [5.41, 5.74) is 0. The molecule has 0 bridgehead atoms. The van der Waals surface area contributed by atoms with Crippen LogP contribution in [0, 0.1) is 12.3 Å². The molecule has 1 saturated heterocycles. The lowest BCUT2D eigenvalue weighted by Gasteiger charge is -2.28. The number of carbonyl (C=O) groups excluding carboxylic acids is 1. The number of nitrogens with zero attached hydrogens (tertiary/aromatic N) is 1. The number of aliphatic hydroxyl groups is 1. The van der Waals surface area contributed by atoms with Gasteiger partial charge in [-0.3, -0.25) is 9.69 Å². The molecule has 0 spiro atoms. The van der Waals surface area contributed by atoms with Gasteiger partial charge in [-0.15, -0.1) is 6.42 Å². The van der Waals surface area contributed by atoms with E-state index in [1.807, 2.05) is 11.8 Å². The molecule has 1 heterocycles. The Morgan fingerprint density at radius 3 is 3.13 bits per heavy atom. The summed E-state index contributed by atoms with van der Waals surface area (Å²) < 4.78 is 0. The molecule has 1 amide bonds. The molecule has 4 nitrogen and oxygen atoms in total. The highest BCUT2D eigenvalue weighted by molar-refractivity contribution is 5.81. The average molecular weight is 210 g/mol. The van der Waals surface area contributed by atoms with Gasteiger partial charge in [0.05, 0.1) is 19.2 Å². The predicted molar refractivity (Wildman–Crippen MR) is 58.1 cm³/mol. The van der Waals surface area contributed by atoms with Crippen molar-refractivity contribution in [3.8, 4) is 12.3 Å². The van der Waals surface area contributed by atoms with E-state index in [2.05, 4.69) is 11.2 Å². The zero-order valence-corrected chi connectivity index (χ0v) is 9.07. The second-order valence-electron chi connectivity index (χ2n) is 3.81. The van der Waals surface area contributed by atoms with Gasteiger partial charge in [0.2, 0.25) is 5.91 Å². The lowest BCUT2D eigenvalue weighted by atomic mass is 10.2. The van der Waals surface area contributed by atoms with Crippen LogP contribution in [0.15, 0.2) is 0 Å². The number of aliphatic hydroxyl groups excluding tert-OH is 1. The van der Waals surface area contributed by atoms with Crippen molar-refractivity contribution in [2.24, 2.45) is 0 Å². The van der Waals surface area contributed by atoms with Crippen molar-refractivity contribution >= 4 is 5.91 Å². The van der Waals surface area contributed by atoms with Crippen molar-refractivity contribution in [2.75, 3.05) is 19.7 Å². The zero-order valence-electron chi connectivity index (χ0n) is 9.07.